The molecule has 9 aromatic carbocycles. The molecule has 0 aliphatic heterocycles. The lowest BCUT2D eigenvalue weighted by Crippen LogP contribution is -2.10. The molecule has 0 unspecified atom stereocenters. The first-order valence-electron chi connectivity index (χ1n) is 19.3. The topological polar surface area (TPSA) is 19.6 Å². The van der Waals surface area contributed by atoms with Gasteiger partial charge in [-0.05, 0) is 108 Å². The standard InChI is InChI=1S/C53H36N2OS/c1-35-12-9-17-40(32-35)55(49-22-10-14-36-13-5-6-18-43(36)49)41-29-31-52-48(33-41)47-21-11-20-44(53(47)57-52)37-24-26-39(27-25-37)54(38-15-3-2-4-16-38)42-28-30-46-45-19-7-8-23-50(45)56-51(46)34-42/h2-34H,1H3. The number of thiophene rings is 1. The molecular formula is C53H36N2OS. The predicted octanol–water partition coefficient (Wildman–Crippen LogP) is 16.0. The second-order valence-corrected chi connectivity index (χ2v) is 15.7. The van der Waals surface area contributed by atoms with Crippen LogP contribution in [0.15, 0.2) is 205 Å². The van der Waals surface area contributed by atoms with Crippen molar-refractivity contribution in [2.24, 2.45) is 0 Å². The second kappa shape index (κ2) is 13.6. The number of nitrogens with zero attached hydrogens (tertiary/aromatic N) is 2. The molecule has 0 spiro atoms. The van der Waals surface area contributed by atoms with Gasteiger partial charge in [-0.1, -0.05) is 115 Å². The number of anilines is 6. The van der Waals surface area contributed by atoms with Crippen LogP contribution in [0.3, 0.4) is 0 Å². The summed E-state index contributed by atoms with van der Waals surface area (Å²) >= 11 is 1.87. The van der Waals surface area contributed by atoms with Crippen LogP contribution in [0.5, 0.6) is 0 Å². The zero-order valence-electron chi connectivity index (χ0n) is 31.3. The summed E-state index contributed by atoms with van der Waals surface area (Å²) in [5.41, 5.74) is 12.1. The van der Waals surface area contributed by atoms with Crippen molar-refractivity contribution in [1.29, 1.82) is 0 Å². The van der Waals surface area contributed by atoms with Crippen LogP contribution in [-0.2, 0) is 0 Å². The van der Waals surface area contributed by atoms with Crippen LogP contribution in [0.1, 0.15) is 5.56 Å². The Morgan fingerprint density at radius 1 is 0.404 bits per heavy atom. The van der Waals surface area contributed by atoms with Gasteiger partial charge in [0.1, 0.15) is 11.2 Å². The molecule has 0 N–H and O–H groups in total. The highest BCUT2D eigenvalue weighted by Gasteiger charge is 2.19. The molecule has 0 aliphatic rings. The smallest absolute Gasteiger partial charge is 0.137 e. The molecule has 2 aromatic heterocycles. The van der Waals surface area contributed by atoms with Gasteiger partial charge in [0.25, 0.3) is 0 Å². The highest BCUT2D eigenvalue weighted by atomic mass is 32.1. The summed E-state index contributed by atoms with van der Waals surface area (Å²) in [7, 11) is 0. The van der Waals surface area contributed by atoms with E-state index in [1.165, 1.54) is 53.3 Å². The lowest BCUT2D eigenvalue weighted by atomic mass is 10.0. The van der Waals surface area contributed by atoms with Crippen LogP contribution in [0.25, 0.3) is 64.0 Å². The number of fused-ring (bicyclic) bond motifs is 7. The third-order valence-electron chi connectivity index (χ3n) is 11.1. The number of para-hydroxylation sites is 2. The van der Waals surface area contributed by atoms with E-state index in [1.54, 1.807) is 0 Å². The third-order valence-corrected chi connectivity index (χ3v) is 12.3. The van der Waals surface area contributed by atoms with Crippen LogP contribution >= 0.6 is 11.3 Å². The van der Waals surface area contributed by atoms with Crippen LogP contribution in [0.2, 0.25) is 0 Å². The maximum Gasteiger partial charge on any atom is 0.137 e. The number of furan rings is 1. The van der Waals surface area contributed by atoms with Crippen molar-refractivity contribution < 1.29 is 4.42 Å². The number of aryl methyl sites for hydroxylation is 1. The van der Waals surface area contributed by atoms with Crippen molar-refractivity contribution >= 4 is 98.3 Å². The molecule has 0 saturated carbocycles. The van der Waals surface area contributed by atoms with Gasteiger partial charge in [-0.2, -0.15) is 0 Å². The Kier molecular flexibility index (Phi) is 7.90. The van der Waals surface area contributed by atoms with E-state index in [4.69, 9.17) is 4.42 Å². The normalized spacial score (nSPS) is 11.6. The van der Waals surface area contributed by atoms with Gasteiger partial charge in [-0.25, -0.2) is 0 Å². The van der Waals surface area contributed by atoms with Crippen molar-refractivity contribution in [3.8, 4) is 11.1 Å². The SMILES string of the molecule is Cc1cccc(N(c2ccc3sc4c(-c5ccc(N(c6ccccc6)c6ccc7c(c6)oc6ccccc67)cc5)cccc4c3c2)c2cccc3ccccc23)c1. The van der Waals surface area contributed by atoms with Gasteiger partial charge in [0.05, 0.1) is 5.69 Å². The van der Waals surface area contributed by atoms with Gasteiger partial charge in [0.15, 0.2) is 0 Å². The summed E-state index contributed by atoms with van der Waals surface area (Å²) in [6, 6.07) is 72.0. The summed E-state index contributed by atoms with van der Waals surface area (Å²) in [6.07, 6.45) is 0. The molecule has 0 amide bonds. The molecule has 4 heteroatoms. The highest BCUT2D eigenvalue weighted by Crippen LogP contribution is 2.46. The van der Waals surface area contributed by atoms with Crippen molar-refractivity contribution in [3.63, 3.8) is 0 Å². The fraction of sp³-hybridized carbons (Fsp3) is 0.0189. The Balaban J connectivity index is 1.00. The molecule has 0 atom stereocenters. The van der Waals surface area contributed by atoms with Crippen LogP contribution in [0.4, 0.5) is 34.1 Å². The van der Waals surface area contributed by atoms with Crippen LogP contribution in [0, 0.1) is 6.92 Å². The van der Waals surface area contributed by atoms with Crippen molar-refractivity contribution in [2.45, 2.75) is 6.92 Å². The zero-order chi connectivity index (χ0) is 37.9. The minimum atomic E-state index is 0.880. The number of hydrogen-bond acceptors (Lipinski definition) is 4. The molecule has 11 aromatic rings. The molecule has 57 heavy (non-hydrogen) atoms. The minimum Gasteiger partial charge on any atom is -0.456 e. The Hall–Kier alpha value is -7.14. The molecule has 0 bridgehead atoms. The maximum atomic E-state index is 6.32. The number of benzene rings is 9. The lowest BCUT2D eigenvalue weighted by Gasteiger charge is -2.27. The van der Waals surface area contributed by atoms with Gasteiger partial charge in [0, 0.05) is 70.8 Å². The molecule has 3 nitrogen and oxygen atoms in total. The molecule has 270 valence electrons. The summed E-state index contributed by atoms with van der Waals surface area (Å²) < 4.78 is 8.88. The quantitative estimate of drug-likeness (QED) is 0.162. The van der Waals surface area contributed by atoms with E-state index in [-0.39, 0.29) is 0 Å². The summed E-state index contributed by atoms with van der Waals surface area (Å²) in [5, 5.41) is 7.24. The Bertz CT molecular complexity index is 3260. The summed E-state index contributed by atoms with van der Waals surface area (Å²) in [6.45, 7) is 2.16. The molecule has 0 saturated heterocycles. The molecule has 11 rings (SSSR count). The Labute approximate surface area is 334 Å². The van der Waals surface area contributed by atoms with Crippen molar-refractivity contribution in [1.82, 2.24) is 0 Å². The van der Waals surface area contributed by atoms with Crippen molar-refractivity contribution in [3.05, 3.63) is 206 Å². The number of hydrogen-bond donors (Lipinski definition) is 0. The van der Waals surface area contributed by atoms with E-state index in [2.05, 4.69) is 205 Å². The first kappa shape index (κ1) is 33.2. The fourth-order valence-electron chi connectivity index (χ4n) is 8.42. The van der Waals surface area contributed by atoms with Crippen molar-refractivity contribution in [2.75, 3.05) is 9.80 Å². The summed E-state index contributed by atoms with van der Waals surface area (Å²) in [5.74, 6) is 0. The van der Waals surface area contributed by atoms with E-state index in [0.29, 0.717) is 0 Å². The molecule has 2 heterocycles. The zero-order valence-corrected chi connectivity index (χ0v) is 32.1. The molecular weight excluding hydrogens is 713 g/mol. The first-order chi connectivity index (χ1) is 28.2. The Morgan fingerprint density at radius 3 is 1.91 bits per heavy atom. The van der Waals surface area contributed by atoms with Gasteiger partial charge in [-0.3, -0.25) is 0 Å². The largest absolute Gasteiger partial charge is 0.456 e. The van der Waals surface area contributed by atoms with Gasteiger partial charge in [0.2, 0.25) is 0 Å². The predicted molar refractivity (Wildman–Crippen MR) is 244 cm³/mol. The molecule has 0 fully saturated rings. The van der Waals surface area contributed by atoms with Gasteiger partial charge in [-0.15, -0.1) is 11.3 Å². The molecule has 0 radical (unpaired) electrons. The maximum absolute atomic E-state index is 6.32. The van der Waals surface area contributed by atoms with Gasteiger partial charge >= 0.3 is 0 Å². The average molecular weight is 749 g/mol. The van der Waals surface area contributed by atoms with Crippen LogP contribution < -0.4 is 9.80 Å². The number of rotatable bonds is 7. The summed E-state index contributed by atoms with van der Waals surface area (Å²) in [4.78, 5) is 4.71. The third kappa shape index (κ3) is 5.73. The Morgan fingerprint density at radius 2 is 1.04 bits per heavy atom. The average Bonchev–Trinajstić information content (AvgIpc) is 3.83. The second-order valence-electron chi connectivity index (χ2n) is 14.6. The first-order valence-corrected chi connectivity index (χ1v) is 20.1. The monoisotopic (exact) mass is 748 g/mol. The van der Waals surface area contributed by atoms with E-state index < -0.39 is 0 Å². The van der Waals surface area contributed by atoms with Crippen LogP contribution in [-0.4, -0.2) is 0 Å². The molecule has 0 aliphatic carbocycles. The van der Waals surface area contributed by atoms with E-state index >= 15 is 0 Å². The van der Waals surface area contributed by atoms with Gasteiger partial charge < -0.3 is 14.2 Å². The highest BCUT2D eigenvalue weighted by molar-refractivity contribution is 7.26. The van der Waals surface area contributed by atoms with E-state index in [0.717, 1.165) is 50.4 Å². The van der Waals surface area contributed by atoms with E-state index in [9.17, 15) is 0 Å². The fourth-order valence-corrected chi connectivity index (χ4v) is 9.64. The van der Waals surface area contributed by atoms with E-state index in [1.807, 2.05) is 23.5 Å². The minimum absolute atomic E-state index is 0.880. The lowest BCUT2D eigenvalue weighted by molar-refractivity contribution is 0.669.